The zero-order chi connectivity index (χ0) is 13.7. The molecule has 2 N–H and O–H groups in total. The van der Waals surface area contributed by atoms with Crippen LogP contribution in [0.4, 0.5) is 0 Å². The predicted octanol–water partition coefficient (Wildman–Crippen LogP) is 1.73. The van der Waals surface area contributed by atoms with Crippen LogP contribution in [-0.2, 0) is 9.84 Å². The number of sulfone groups is 1. The van der Waals surface area contributed by atoms with Crippen LogP contribution in [0.3, 0.4) is 0 Å². The summed E-state index contributed by atoms with van der Waals surface area (Å²) < 4.78 is 22.5. The van der Waals surface area contributed by atoms with Crippen molar-refractivity contribution in [1.82, 2.24) is 5.32 Å². The lowest BCUT2D eigenvalue weighted by molar-refractivity contribution is 0.319. The summed E-state index contributed by atoms with van der Waals surface area (Å²) in [6, 6.07) is 0. The minimum Gasteiger partial charge on any atom is -0.395 e. The Morgan fingerprint density at radius 3 is 2.11 bits per heavy atom. The number of nitrogens with one attached hydrogen (secondary N) is 1. The van der Waals surface area contributed by atoms with E-state index in [1.54, 1.807) is 0 Å². The summed E-state index contributed by atoms with van der Waals surface area (Å²) in [6.45, 7) is 3.33. The van der Waals surface area contributed by atoms with E-state index >= 15 is 0 Å². The first-order valence-electron chi connectivity index (χ1n) is 7.14. The van der Waals surface area contributed by atoms with Gasteiger partial charge in [-0.2, -0.15) is 0 Å². The highest BCUT2D eigenvalue weighted by Gasteiger charge is 2.08. The second kappa shape index (κ2) is 11.9. The molecule has 0 rings (SSSR count). The maximum atomic E-state index is 11.3. The van der Waals surface area contributed by atoms with Crippen LogP contribution < -0.4 is 5.32 Å². The Hall–Kier alpha value is -0.130. The average molecular weight is 279 g/mol. The van der Waals surface area contributed by atoms with Crippen molar-refractivity contribution in [2.24, 2.45) is 0 Å². The van der Waals surface area contributed by atoms with Gasteiger partial charge in [-0.15, -0.1) is 0 Å². The van der Waals surface area contributed by atoms with Gasteiger partial charge in [0.05, 0.1) is 18.1 Å². The number of hydrogen-bond donors (Lipinski definition) is 2. The smallest absolute Gasteiger partial charge is 0.153 e. The van der Waals surface area contributed by atoms with Crippen LogP contribution in [0.25, 0.3) is 0 Å². The molecular formula is C13H29NO3S. The van der Waals surface area contributed by atoms with Gasteiger partial charge in [0, 0.05) is 6.54 Å². The first-order chi connectivity index (χ1) is 8.62. The van der Waals surface area contributed by atoms with Crippen molar-refractivity contribution >= 4 is 9.84 Å². The lowest BCUT2D eigenvalue weighted by Gasteiger charge is -2.05. The van der Waals surface area contributed by atoms with E-state index in [9.17, 15) is 8.42 Å². The molecule has 0 aliphatic rings. The van der Waals surface area contributed by atoms with Gasteiger partial charge >= 0.3 is 0 Å². The molecule has 0 spiro atoms. The molecule has 0 fully saturated rings. The molecule has 0 saturated heterocycles. The van der Waals surface area contributed by atoms with E-state index in [2.05, 4.69) is 12.2 Å². The second-order valence-electron chi connectivity index (χ2n) is 4.75. The molecule has 0 atom stereocenters. The maximum absolute atomic E-state index is 11.3. The molecular weight excluding hydrogens is 250 g/mol. The van der Waals surface area contributed by atoms with Crippen molar-refractivity contribution in [2.75, 3.05) is 31.2 Å². The van der Waals surface area contributed by atoms with Gasteiger partial charge in [-0.1, -0.05) is 45.4 Å². The fourth-order valence-corrected chi connectivity index (χ4v) is 2.74. The minimum absolute atomic E-state index is 0.119. The van der Waals surface area contributed by atoms with Gasteiger partial charge < -0.3 is 10.4 Å². The first-order valence-corrected chi connectivity index (χ1v) is 8.96. The standard InChI is InChI=1S/C13H29NO3S/c1-2-3-4-5-6-7-8-9-14-10-12-18(16,17)13-11-15/h14-15H,2-13H2,1H3. The van der Waals surface area contributed by atoms with Crippen molar-refractivity contribution < 1.29 is 13.5 Å². The molecule has 0 amide bonds. The van der Waals surface area contributed by atoms with Crippen LogP contribution in [-0.4, -0.2) is 44.7 Å². The van der Waals surface area contributed by atoms with E-state index < -0.39 is 9.84 Å². The summed E-state index contributed by atoms with van der Waals surface area (Å²) in [5.41, 5.74) is 0. The molecule has 0 aromatic rings. The molecule has 0 bridgehead atoms. The summed E-state index contributed by atoms with van der Waals surface area (Å²) in [5.74, 6) is 0.0101. The number of unbranched alkanes of at least 4 members (excludes halogenated alkanes) is 6. The fourth-order valence-electron chi connectivity index (χ4n) is 1.80. The quantitative estimate of drug-likeness (QED) is 0.504. The molecule has 0 saturated carbocycles. The third kappa shape index (κ3) is 12.3. The van der Waals surface area contributed by atoms with Gasteiger partial charge in [0.25, 0.3) is 0 Å². The minimum atomic E-state index is -3.05. The number of rotatable bonds is 13. The van der Waals surface area contributed by atoms with Crippen molar-refractivity contribution in [3.05, 3.63) is 0 Å². The Morgan fingerprint density at radius 2 is 1.50 bits per heavy atom. The Balaban J connectivity index is 3.21. The Labute approximate surface area is 112 Å². The van der Waals surface area contributed by atoms with Crippen LogP contribution in [0, 0.1) is 0 Å². The maximum Gasteiger partial charge on any atom is 0.153 e. The molecule has 0 aliphatic carbocycles. The third-order valence-electron chi connectivity index (χ3n) is 2.95. The van der Waals surface area contributed by atoms with Crippen molar-refractivity contribution in [3.8, 4) is 0 Å². The third-order valence-corrected chi connectivity index (χ3v) is 4.58. The molecule has 0 heterocycles. The summed E-state index contributed by atoms with van der Waals surface area (Å²) in [7, 11) is -3.05. The molecule has 0 radical (unpaired) electrons. The number of aliphatic hydroxyl groups excluding tert-OH is 1. The molecule has 0 unspecified atom stereocenters. The summed E-state index contributed by atoms with van der Waals surface area (Å²) in [4.78, 5) is 0. The van der Waals surface area contributed by atoms with Crippen LogP contribution in [0.15, 0.2) is 0 Å². The molecule has 0 aliphatic heterocycles. The fraction of sp³-hybridized carbons (Fsp3) is 1.00. The normalized spacial score (nSPS) is 11.9. The van der Waals surface area contributed by atoms with Crippen molar-refractivity contribution in [1.29, 1.82) is 0 Å². The largest absolute Gasteiger partial charge is 0.395 e. The average Bonchev–Trinajstić information content (AvgIpc) is 2.31. The summed E-state index contributed by atoms with van der Waals surface area (Å²) in [5, 5.41) is 11.7. The van der Waals surface area contributed by atoms with Crippen LogP contribution in [0.2, 0.25) is 0 Å². The highest BCUT2D eigenvalue weighted by Crippen LogP contribution is 2.06. The molecule has 0 aromatic carbocycles. The second-order valence-corrected chi connectivity index (χ2v) is 7.05. The van der Waals surface area contributed by atoms with Crippen molar-refractivity contribution in [3.63, 3.8) is 0 Å². The van der Waals surface area contributed by atoms with E-state index in [1.807, 2.05) is 0 Å². The highest BCUT2D eigenvalue weighted by atomic mass is 32.2. The van der Waals surface area contributed by atoms with Crippen LogP contribution >= 0.6 is 0 Å². The molecule has 4 nitrogen and oxygen atoms in total. The monoisotopic (exact) mass is 279 g/mol. The van der Waals surface area contributed by atoms with Crippen LogP contribution in [0.1, 0.15) is 51.9 Å². The van der Waals surface area contributed by atoms with E-state index in [-0.39, 0.29) is 18.1 Å². The van der Waals surface area contributed by atoms with Gasteiger partial charge in [-0.25, -0.2) is 8.42 Å². The zero-order valence-electron chi connectivity index (χ0n) is 11.7. The van der Waals surface area contributed by atoms with Gasteiger partial charge in [-0.05, 0) is 13.0 Å². The first kappa shape index (κ1) is 17.9. The zero-order valence-corrected chi connectivity index (χ0v) is 12.5. The Morgan fingerprint density at radius 1 is 0.889 bits per heavy atom. The predicted molar refractivity (Wildman–Crippen MR) is 76.6 cm³/mol. The SMILES string of the molecule is CCCCCCCCCNCCS(=O)(=O)CCO. The van der Waals surface area contributed by atoms with Gasteiger partial charge in [-0.3, -0.25) is 0 Å². The van der Waals surface area contributed by atoms with Crippen molar-refractivity contribution in [2.45, 2.75) is 51.9 Å². The number of aliphatic hydroxyl groups is 1. The van der Waals surface area contributed by atoms with E-state index in [4.69, 9.17) is 5.11 Å². The summed E-state index contributed by atoms with van der Waals surface area (Å²) >= 11 is 0. The van der Waals surface area contributed by atoms with Gasteiger partial charge in [0.15, 0.2) is 9.84 Å². The molecule has 5 heteroatoms. The molecule has 0 aromatic heterocycles. The van der Waals surface area contributed by atoms with E-state index in [0.29, 0.717) is 6.54 Å². The topological polar surface area (TPSA) is 66.4 Å². The summed E-state index contributed by atoms with van der Waals surface area (Å²) in [6.07, 6.45) is 8.89. The van der Waals surface area contributed by atoms with Crippen LogP contribution in [0.5, 0.6) is 0 Å². The van der Waals surface area contributed by atoms with Gasteiger partial charge in [0.1, 0.15) is 0 Å². The lowest BCUT2D eigenvalue weighted by atomic mass is 10.1. The van der Waals surface area contributed by atoms with Gasteiger partial charge in [0.2, 0.25) is 0 Å². The molecule has 110 valence electrons. The Bertz CT molecular complexity index is 265. The highest BCUT2D eigenvalue weighted by molar-refractivity contribution is 7.91. The number of hydrogen-bond acceptors (Lipinski definition) is 4. The lowest BCUT2D eigenvalue weighted by Crippen LogP contribution is -2.26. The van der Waals surface area contributed by atoms with E-state index in [1.165, 1.54) is 38.5 Å². The Kier molecular flexibility index (Phi) is 11.8. The molecule has 18 heavy (non-hydrogen) atoms. The van der Waals surface area contributed by atoms with E-state index in [0.717, 1.165) is 13.0 Å².